The summed E-state index contributed by atoms with van der Waals surface area (Å²) in [5, 5.41) is 3.30. The Morgan fingerprint density at radius 3 is 1.82 bits per heavy atom. The first kappa shape index (κ1) is 24.5. The molecule has 0 fully saturated rings. The van der Waals surface area contributed by atoms with Gasteiger partial charge in [-0.15, -0.1) is 0 Å². The molecular formula is C39H25N5. The van der Waals surface area contributed by atoms with Crippen molar-refractivity contribution in [3.05, 3.63) is 152 Å². The molecule has 206 valence electrons. The van der Waals surface area contributed by atoms with E-state index in [-0.39, 0.29) is 0 Å². The van der Waals surface area contributed by atoms with Crippen LogP contribution in [0.3, 0.4) is 0 Å². The van der Waals surface area contributed by atoms with Crippen molar-refractivity contribution in [1.29, 1.82) is 0 Å². The molecule has 0 aliphatic carbocycles. The first-order chi connectivity index (χ1) is 21.8. The van der Waals surface area contributed by atoms with Crippen LogP contribution in [-0.4, -0.2) is 23.8 Å². The fourth-order valence-corrected chi connectivity index (χ4v) is 6.18. The zero-order valence-electron chi connectivity index (χ0n) is 23.7. The number of pyridine rings is 3. The first-order valence-electron chi connectivity index (χ1n) is 14.7. The highest BCUT2D eigenvalue weighted by Crippen LogP contribution is 2.36. The number of fused-ring (bicyclic) bond motifs is 6. The van der Waals surface area contributed by atoms with E-state index < -0.39 is 0 Å². The smallest absolute Gasteiger partial charge is 0.146 e. The average molecular weight is 564 g/mol. The number of benzene rings is 4. The lowest BCUT2D eigenvalue weighted by molar-refractivity contribution is 1.19. The van der Waals surface area contributed by atoms with Crippen molar-refractivity contribution in [3.63, 3.8) is 0 Å². The number of aromatic nitrogens is 5. The molecule has 0 aliphatic rings. The van der Waals surface area contributed by atoms with Crippen LogP contribution in [0.4, 0.5) is 0 Å². The Balaban J connectivity index is 1.15. The molecule has 0 saturated heterocycles. The third-order valence-corrected chi connectivity index (χ3v) is 8.37. The van der Waals surface area contributed by atoms with Gasteiger partial charge in [0, 0.05) is 57.6 Å². The number of nitrogens with zero attached hydrogens (tertiary/aromatic N) is 5. The number of imidazole rings is 2. The number of hydrogen-bond donors (Lipinski definition) is 0. The molecule has 0 spiro atoms. The normalized spacial score (nSPS) is 11.6. The van der Waals surface area contributed by atoms with Crippen LogP contribution in [-0.2, 0) is 0 Å². The van der Waals surface area contributed by atoms with Crippen molar-refractivity contribution in [2.45, 2.75) is 0 Å². The van der Waals surface area contributed by atoms with Crippen molar-refractivity contribution < 1.29 is 0 Å². The molecule has 9 aromatic rings. The van der Waals surface area contributed by atoms with E-state index in [0.29, 0.717) is 0 Å². The minimum absolute atomic E-state index is 0.928. The van der Waals surface area contributed by atoms with Crippen LogP contribution >= 0.6 is 0 Å². The third-order valence-electron chi connectivity index (χ3n) is 8.37. The predicted molar refractivity (Wildman–Crippen MR) is 178 cm³/mol. The highest BCUT2D eigenvalue weighted by atomic mass is 15.0. The van der Waals surface area contributed by atoms with Crippen LogP contribution in [0.2, 0.25) is 0 Å². The van der Waals surface area contributed by atoms with Gasteiger partial charge in [-0.05, 0) is 35.4 Å². The molecule has 0 N–H and O–H groups in total. The van der Waals surface area contributed by atoms with Gasteiger partial charge in [0.15, 0.2) is 0 Å². The zero-order chi connectivity index (χ0) is 29.0. The highest BCUT2D eigenvalue weighted by Gasteiger charge is 2.16. The lowest BCUT2D eigenvalue weighted by Gasteiger charge is -2.12. The zero-order valence-corrected chi connectivity index (χ0v) is 23.7. The highest BCUT2D eigenvalue weighted by molar-refractivity contribution is 6.16. The lowest BCUT2D eigenvalue weighted by Crippen LogP contribution is -1.93. The molecule has 0 saturated carbocycles. The molecule has 5 heterocycles. The summed E-state index contributed by atoms with van der Waals surface area (Å²) in [5.41, 5.74) is 11.2. The van der Waals surface area contributed by atoms with Gasteiger partial charge in [0.05, 0.1) is 22.6 Å². The van der Waals surface area contributed by atoms with Gasteiger partial charge >= 0.3 is 0 Å². The number of hydrogen-bond acceptors (Lipinski definition) is 3. The van der Waals surface area contributed by atoms with Crippen molar-refractivity contribution in [2.24, 2.45) is 0 Å². The quantitative estimate of drug-likeness (QED) is 0.200. The Labute approximate surface area is 253 Å². The minimum atomic E-state index is 0.928. The molecule has 0 unspecified atom stereocenters. The van der Waals surface area contributed by atoms with Gasteiger partial charge < -0.3 is 8.80 Å². The van der Waals surface area contributed by atoms with E-state index in [1.54, 1.807) is 0 Å². The molecule has 0 bridgehead atoms. The van der Waals surface area contributed by atoms with Crippen LogP contribution in [0.1, 0.15) is 0 Å². The van der Waals surface area contributed by atoms with Gasteiger partial charge in [-0.25, -0.2) is 15.0 Å². The molecule has 44 heavy (non-hydrogen) atoms. The molecule has 5 heteroatoms. The van der Waals surface area contributed by atoms with Crippen molar-refractivity contribution in [1.82, 2.24) is 23.8 Å². The average Bonchev–Trinajstić information content (AvgIpc) is 3.73. The predicted octanol–water partition coefficient (Wildman–Crippen LogP) is 9.35. The number of para-hydroxylation sites is 1. The molecule has 9 rings (SSSR count). The largest absolute Gasteiger partial charge is 0.306 e. The molecule has 5 aromatic heterocycles. The lowest BCUT2D eigenvalue weighted by atomic mass is 9.99. The summed E-state index contributed by atoms with van der Waals surface area (Å²) in [6.07, 6.45) is 8.43. The number of rotatable bonds is 4. The Bertz CT molecular complexity index is 2470. The molecule has 0 atom stereocenters. The van der Waals surface area contributed by atoms with Crippen LogP contribution in [0.15, 0.2) is 152 Å². The fourth-order valence-electron chi connectivity index (χ4n) is 6.18. The van der Waals surface area contributed by atoms with Gasteiger partial charge in [0.25, 0.3) is 0 Å². The molecule has 4 aromatic carbocycles. The topological polar surface area (TPSA) is 47.5 Å². The summed E-state index contributed by atoms with van der Waals surface area (Å²) in [7, 11) is 0. The molecule has 0 aliphatic heterocycles. The summed E-state index contributed by atoms with van der Waals surface area (Å²) in [6, 6.07) is 44.0. The maximum absolute atomic E-state index is 5.17. The Morgan fingerprint density at radius 1 is 0.409 bits per heavy atom. The van der Waals surface area contributed by atoms with Crippen LogP contribution < -0.4 is 0 Å². The van der Waals surface area contributed by atoms with Crippen LogP contribution in [0.5, 0.6) is 0 Å². The Kier molecular flexibility index (Phi) is 5.43. The second kappa shape index (κ2) is 9.75. The summed E-state index contributed by atoms with van der Waals surface area (Å²) < 4.78 is 4.23. The van der Waals surface area contributed by atoms with E-state index in [1.165, 1.54) is 0 Å². The maximum atomic E-state index is 5.17. The van der Waals surface area contributed by atoms with E-state index in [1.807, 2.05) is 42.5 Å². The van der Waals surface area contributed by atoms with Crippen molar-refractivity contribution >= 4 is 33.0 Å². The van der Waals surface area contributed by atoms with E-state index in [2.05, 4.69) is 119 Å². The second-order valence-corrected chi connectivity index (χ2v) is 11.1. The molecule has 0 radical (unpaired) electrons. The molecular weight excluding hydrogens is 538 g/mol. The maximum Gasteiger partial charge on any atom is 0.146 e. The van der Waals surface area contributed by atoms with Crippen molar-refractivity contribution in [3.8, 4) is 44.9 Å². The summed E-state index contributed by atoms with van der Waals surface area (Å²) in [6.45, 7) is 0. The summed E-state index contributed by atoms with van der Waals surface area (Å²) in [5.74, 6) is 0. The van der Waals surface area contributed by atoms with Gasteiger partial charge in [0.1, 0.15) is 11.3 Å². The van der Waals surface area contributed by atoms with Gasteiger partial charge in [-0.2, -0.15) is 0 Å². The van der Waals surface area contributed by atoms with E-state index >= 15 is 0 Å². The van der Waals surface area contributed by atoms with Gasteiger partial charge in [-0.1, -0.05) is 103 Å². The Hall–Kier alpha value is -6.07. The van der Waals surface area contributed by atoms with E-state index in [4.69, 9.17) is 15.0 Å². The van der Waals surface area contributed by atoms with E-state index in [0.717, 1.165) is 77.9 Å². The van der Waals surface area contributed by atoms with E-state index in [9.17, 15) is 0 Å². The monoisotopic (exact) mass is 563 g/mol. The molecule has 5 nitrogen and oxygen atoms in total. The summed E-state index contributed by atoms with van der Waals surface area (Å²) >= 11 is 0. The van der Waals surface area contributed by atoms with Gasteiger partial charge in [-0.3, -0.25) is 0 Å². The molecule has 0 amide bonds. The minimum Gasteiger partial charge on any atom is -0.306 e. The first-order valence-corrected chi connectivity index (χ1v) is 14.7. The summed E-state index contributed by atoms with van der Waals surface area (Å²) in [4.78, 5) is 15.1. The SMILES string of the molecule is c1ccc(-c2cn3cc(-c4ccc(-c5nc6ccccc6c6c5ccn5cc(-c7ccccc7)nc65)cc4)ccc3n2)cc1. The Morgan fingerprint density at radius 2 is 1.05 bits per heavy atom. The van der Waals surface area contributed by atoms with Crippen molar-refractivity contribution in [2.75, 3.05) is 0 Å². The fraction of sp³-hybridized carbons (Fsp3) is 0. The second-order valence-electron chi connectivity index (χ2n) is 11.1. The third kappa shape index (κ3) is 3.98. The standard InChI is InChI=1S/C39H25N5/c1-3-9-27(10-4-1)34-25-44-23-30(19-20-36(44)40-34)26-15-17-29(18-16-26)38-32-21-22-43-24-35(28-11-5-2-6-12-28)42-39(43)37(32)31-13-7-8-14-33(31)41-38/h1-25H. The van der Waals surface area contributed by atoms with Crippen LogP contribution in [0.25, 0.3) is 77.9 Å². The van der Waals surface area contributed by atoms with Crippen LogP contribution in [0, 0.1) is 0 Å². The van der Waals surface area contributed by atoms with Gasteiger partial charge in [0.2, 0.25) is 0 Å².